The minimum atomic E-state index is -0.158. The van der Waals surface area contributed by atoms with E-state index in [4.69, 9.17) is 0 Å². The first-order valence-corrected chi connectivity index (χ1v) is 8.76. The second kappa shape index (κ2) is 6.38. The maximum atomic E-state index is 12.9. The zero-order valence-electron chi connectivity index (χ0n) is 15.0. The molecule has 5 heteroatoms. The van der Waals surface area contributed by atoms with Crippen molar-refractivity contribution in [3.63, 3.8) is 0 Å². The zero-order chi connectivity index (χ0) is 17.3. The van der Waals surface area contributed by atoms with Crippen LogP contribution in [0.25, 0.3) is 0 Å². The number of aryl methyl sites for hydroxylation is 1. The van der Waals surface area contributed by atoms with Gasteiger partial charge >= 0.3 is 0 Å². The van der Waals surface area contributed by atoms with E-state index in [-0.39, 0.29) is 17.4 Å². The fourth-order valence-electron chi connectivity index (χ4n) is 3.29. The summed E-state index contributed by atoms with van der Waals surface area (Å²) >= 11 is 0. The first-order valence-electron chi connectivity index (χ1n) is 8.76. The summed E-state index contributed by atoms with van der Waals surface area (Å²) in [4.78, 5) is 12.9. The SMILES string of the molecule is CCC(C)(C)c1ccccc1C(=O)NC(C)c1nnc2n1CCC2. The summed E-state index contributed by atoms with van der Waals surface area (Å²) in [6, 6.07) is 7.72. The second-order valence-electron chi connectivity index (χ2n) is 7.21. The third-order valence-corrected chi connectivity index (χ3v) is 5.16. The number of carbonyl (C=O) groups is 1. The Morgan fingerprint density at radius 3 is 2.83 bits per heavy atom. The van der Waals surface area contributed by atoms with E-state index >= 15 is 0 Å². The summed E-state index contributed by atoms with van der Waals surface area (Å²) < 4.78 is 2.13. The Kier molecular flexibility index (Phi) is 4.43. The zero-order valence-corrected chi connectivity index (χ0v) is 15.0. The van der Waals surface area contributed by atoms with Crippen molar-refractivity contribution in [2.75, 3.05) is 0 Å². The van der Waals surface area contributed by atoms with Crippen LogP contribution < -0.4 is 5.32 Å². The lowest BCUT2D eigenvalue weighted by molar-refractivity contribution is 0.0935. The Bertz CT molecular complexity index is 748. The molecule has 0 radical (unpaired) electrons. The van der Waals surface area contributed by atoms with E-state index in [2.05, 4.69) is 46.9 Å². The summed E-state index contributed by atoms with van der Waals surface area (Å²) in [6.07, 6.45) is 3.05. The van der Waals surface area contributed by atoms with Crippen LogP contribution in [0.4, 0.5) is 0 Å². The molecule has 2 aromatic rings. The van der Waals surface area contributed by atoms with Gasteiger partial charge in [0.1, 0.15) is 5.82 Å². The first kappa shape index (κ1) is 16.7. The van der Waals surface area contributed by atoms with Crippen LogP contribution in [0.3, 0.4) is 0 Å². The number of nitrogens with one attached hydrogen (secondary N) is 1. The maximum Gasteiger partial charge on any atom is 0.252 e. The number of fused-ring (bicyclic) bond motifs is 1. The predicted molar refractivity (Wildman–Crippen MR) is 94.0 cm³/mol. The van der Waals surface area contributed by atoms with Gasteiger partial charge in [-0.1, -0.05) is 39.0 Å². The minimum absolute atomic E-state index is 0.0344. The van der Waals surface area contributed by atoms with Gasteiger partial charge in [-0.2, -0.15) is 0 Å². The van der Waals surface area contributed by atoms with E-state index in [9.17, 15) is 4.79 Å². The van der Waals surface area contributed by atoms with Crippen molar-refractivity contribution in [3.8, 4) is 0 Å². The lowest BCUT2D eigenvalue weighted by atomic mass is 9.79. The second-order valence-corrected chi connectivity index (χ2v) is 7.21. The molecule has 1 aliphatic heterocycles. The molecule has 1 amide bonds. The number of rotatable bonds is 5. The molecule has 0 bridgehead atoms. The third-order valence-electron chi connectivity index (χ3n) is 5.16. The lowest BCUT2D eigenvalue weighted by Crippen LogP contribution is -2.31. The highest BCUT2D eigenvalue weighted by atomic mass is 16.1. The largest absolute Gasteiger partial charge is 0.342 e. The normalized spacial score (nSPS) is 15.2. The van der Waals surface area contributed by atoms with Crippen LogP contribution in [-0.2, 0) is 18.4 Å². The topological polar surface area (TPSA) is 59.8 Å². The van der Waals surface area contributed by atoms with Crippen LogP contribution in [0.5, 0.6) is 0 Å². The van der Waals surface area contributed by atoms with Gasteiger partial charge in [-0.05, 0) is 36.8 Å². The van der Waals surface area contributed by atoms with Crippen molar-refractivity contribution in [1.82, 2.24) is 20.1 Å². The van der Waals surface area contributed by atoms with Crippen LogP contribution in [0.1, 0.15) is 74.1 Å². The number of nitrogens with zero attached hydrogens (tertiary/aromatic N) is 3. The summed E-state index contributed by atoms with van der Waals surface area (Å²) in [5.41, 5.74) is 1.80. The number of carbonyl (C=O) groups excluding carboxylic acids is 1. The molecule has 0 fully saturated rings. The third kappa shape index (κ3) is 2.95. The van der Waals surface area contributed by atoms with Gasteiger partial charge in [-0.3, -0.25) is 4.79 Å². The molecule has 24 heavy (non-hydrogen) atoms. The highest BCUT2D eigenvalue weighted by Crippen LogP contribution is 2.30. The Balaban J connectivity index is 1.83. The van der Waals surface area contributed by atoms with Crippen molar-refractivity contribution in [1.29, 1.82) is 0 Å². The van der Waals surface area contributed by atoms with E-state index in [0.29, 0.717) is 0 Å². The monoisotopic (exact) mass is 326 g/mol. The Morgan fingerprint density at radius 2 is 2.08 bits per heavy atom. The standard InChI is InChI=1S/C19H26N4O/c1-5-19(3,4)15-10-7-6-9-14(15)18(24)20-13(2)17-22-21-16-11-8-12-23(16)17/h6-7,9-10,13H,5,8,11-12H2,1-4H3,(H,20,24). The molecule has 1 atom stereocenters. The Hall–Kier alpha value is -2.17. The van der Waals surface area contributed by atoms with Gasteiger partial charge in [0.25, 0.3) is 5.91 Å². The smallest absolute Gasteiger partial charge is 0.252 e. The summed E-state index contributed by atoms with van der Waals surface area (Å²) in [5.74, 6) is 1.83. The highest BCUT2D eigenvalue weighted by molar-refractivity contribution is 5.96. The fraction of sp³-hybridized carbons (Fsp3) is 0.526. The number of benzene rings is 1. The first-order chi connectivity index (χ1) is 11.4. The molecule has 1 unspecified atom stereocenters. The molecular weight excluding hydrogens is 300 g/mol. The average molecular weight is 326 g/mol. The molecule has 1 aromatic carbocycles. The van der Waals surface area contributed by atoms with Crippen LogP contribution in [0.2, 0.25) is 0 Å². The number of amides is 1. The number of hydrogen-bond acceptors (Lipinski definition) is 3. The molecular formula is C19H26N4O. The van der Waals surface area contributed by atoms with Crippen LogP contribution in [-0.4, -0.2) is 20.7 Å². The summed E-state index contributed by atoms with van der Waals surface area (Å²) in [5, 5.41) is 11.6. The van der Waals surface area contributed by atoms with E-state index in [1.807, 2.05) is 25.1 Å². The van der Waals surface area contributed by atoms with Gasteiger partial charge in [0.15, 0.2) is 5.82 Å². The average Bonchev–Trinajstić information content (AvgIpc) is 3.17. The van der Waals surface area contributed by atoms with Crippen molar-refractivity contribution >= 4 is 5.91 Å². The van der Waals surface area contributed by atoms with Crippen molar-refractivity contribution in [2.45, 2.75) is 65.0 Å². The van der Waals surface area contributed by atoms with Crippen LogP contribution in [0, 0.1) is 0 Å². The fourth-order valence-corrected chi connectivity index (χ4v) is 3.29. The molecule has 1 N–H and O–H groups in total. The molecule has 0 saturated carbocycles. The quantitative estimate of drug-likeness (QED) is 0.916. The molecule has 5 nitrogen and oxygen atoms in total. The molecule has 0 aliphatic carbocycles. The molecule has 3 rings (SSSR count). The predicted octanol–water partition coefficient (Wildman–Crippen LogP) is 3.40. The molecule has 0 saturated heterocycles. The van der Waals surface area contributed by atoms with E-state index in [1.54, 1.807) is 0 Å². The van der Waals surface area contributed by atoms with Crippen LogP contribution in [0.15, 0.2) is 24.3 Å². The Morgan fingerprint density at radius 1 is 1.33 bits per heavy atom. The number of aromatic nitrogens is 3. The number of hydrogen-bond donors (Lipinski definition) is 1. The van der Waals surface area contributed by atoms with Crippen molar-refractivity contribution in [2.24, 2.45) is 0 Å². The van der Waals surface area contributed by atoms with Gasteiger partial charge in [0.2, 0.25) is 0 Å². The van der Waals surface area contributed by atoms with E-state index < -0.39 is 0 Å². The molecule has 128 valence electrons. The van der Waals surface area contributed by atoms with Gasteiger partial charge in [0.05, 0.1) is 6.04 Å². The van der Waals surface area contributed by atoms with E-state index in [0.717, 1.165) is 48.6 Å². The van der Waals surface area contributed by atoms with Gasteiger partial charge < -0.3 is 9.88 Å². The van der Waals surface area contributed by atoms with Gasteiger partial charge in [0, 0.05) is 18.5 Å². The lowest BCUT2D eigenvalue weighted by Gasteiger charge is -2.26. The Labute approximate surface area is 143 Å². The molecule has 2 heterocycles. The van der Waals surface area contributed by atoms with Gasteiger partial charge in [-0.25, -0.2) is 0 Å². The molecule has 0 spiro atoms. The maximum absolute atomic E-state index is 12.9. The van der Waals surface area contributed by atoms with Crippen LogP contribution >= 0.6 is 0 Å². The van der Waals surface area contributed by atoms with Crippen molar-refractivity contribution < 1.29 is 4.79 Å². The van der Waals surface area contributed by atoms with Gasteiger partial charge in [-0.15, -0.1) is 10.2 Å². The minimum Gasteiger partial charge on any atom is -0.342 e. The molecule has 1 aromatic heterocycles. The summed E-state index contributed by atoms with van der Waals surface area (Å²) in [7, 11) is 0. The van der Waals surface area contributed by atoms with Crippen molar-refractivity contribution in [3.05, 3.63) is 47.0 Å². The summed E-state index contributed by atoms with van der Waals surface area (Å²) in [6.45, 7) is 9.41. The highest BCUT2D eigenvalue weighted by Gasteiger charge is 2.26. The van der Waals surface area contributed by atoms with E-state index in [1.165, 1.54) is 0 Å². The molecule has 1 aliphatic rings.